The number of nitrogens with two attached hydrogens (primary N) is 1. The van der Waals surface area contributed by atoms with Crippen LogP contribution in [0.5, 0.6) is 0 Å². The second kappa shape index (κ2) is 6.29. The highest BCUT2D eigenvalue weighted by atomic mass is 16.3. The largest absolute Gasteiger partial charge is 0.396 e. The smallest absolute Gasteiger partial charge is 0.133 e. The minimum Gasteiger partial charge on any atom is -0.396 e. The Morgan fingerprint density at radius 2 is 2.00 bits per heavy atom. The number of hydrogen-bond acceptors (Lipinski definition) is 4. The molecule has 5 nitrogen and oxygen atoms in total. The number of rotatable bonds is 5. The molecule has 1 aromatic heterocycles. The van der Waals surface area contributed by atoms with E-state index in [0.29, 0.717) is 12.0 Å². The lowest BCUT2D eigenvalue weighted by molar-refractivity contribution is 0.276. The lowest BCUT2D eigenvalue weighted by Gasteiger charge is -2.25. The molecule has 0 amide bonds. The molecule has 18 heavy (non-hydrogen) atoms. The van der Waals surface area contributed by atoms with Crippen molar-refractivity contribution in [2.45, 2.75) is 58.0 Å². The average Bonchev–Trinajstić information content (AvgIpc) is 2.71. The number of aryl methyl sites for hydroxylation is 1. The summed E-state index contributed by atoms with van der Waals surface area (Å²) in [5.41, 5.74) is 5.93. The van der Waals surface area contributed by atoms with Crippen molar-refractivity contribution in [2.24, 2.45) is 11.7 Å². The van der Waals surface area contributed by atoms with Crippen LogP contribution in [0.15, 0.2) is 0 Å². The number of aromatic nitrogens is 3. The van der Waals surface area contributed by atoms with E-state index in [1.54, 1.807) is 0 Å². The van der Waals surface area contributed by atoms with Gasteiger partial charge in [-0.15, -0.1) is 10.2 Å². The molecule has 2 rings (SSSR count). The minimum atomic E-state index is 0.218. The van der Waals surface area contributed by atoms with Crippen LogP contribution in [0.2, 0.25) is 0 Å². The molecule has 3 N–H and O–H groups in total. The van der Waals surface area contributed by atoms with Gasteiger partial charge < -0.3 is 15.4 Å². The number of aliphatic hydroxyl groups is 1. The molecule has 1 aliphatic carbocycles. The van der Waals surface area contributed by atoms with Crippen molar-refractivity contribution in [3.63, 3.8) is 0 Å². The monoisotopic (exact) mass is 252 g/mol. The molecule has 0 atom stereocenters. The molecule has 0 saturated heterocycles. The third-order valence-corrected chi connectivity index (χ3v) is 3.91. The fraction of sp³-hybridized carbons (Fsp3) is 0.846. The van der Waals surface area contributed by atoms with Gasteiger partial charge in [0, 0.05) is 25.6 Å². The quantitative estimate of drug-likeness (QED) is 0.820. The Morgan fingerprint density at radius 3 is 2.67 bits per heavy atom. The standard InChI is InChI=1S/C13H24N4O/c1-10-15-16-13(17(10)7-2-8-18)9-11-3-5-12(14)6-4-11/h11-12,18H,2-9,14H2,1H3. The third kappa shape index (κ3) is 3.29. The van der Waals surface area contributed by atoms with E-state index in [-0.39, 0.29) is 6.61 Å². The maximum absolute atomic E-state index is 8.93. The Balaban J connectivity index is 1.96. The summed E-state index contributed by atoms with van der Waals surface area (Å²) >= 11 is 0. The van der Waals surface area contributed by atoms with Crippen molar-refractivity contribution >= 4 is 0 Å². The lowest BCUT2D eigenvalue weighted by Crippen LogP contribution is -2.27. The van der Waals surface area contributed by atoms with Gasteiger partial charge in [0.2, 0.25) is 0 Å². The van der Waals surface area contributed by atoms with Crippen LogP contribution in [0.1, 0.15) is 43.8 Å². The molecule has 1 aliphatic rings. The maximum Gasteiger partial charge on any atom is 0.133 e. The Hall–Kier alpha value is -0.940. The Bertz CT molecular complexity index is 369. The predicted molar refractivity (Wildman–Crippen MR) is 70.1 cm³/mol. The highest BCUT2D eigenvalue weighted by Crippen LogP contribution is 2.26. The van der Waals surface area contributed by atoms with Gasteiger partial charge in [-0.1, -0.05) is 0 Å². The summed E-state index contributed by atoms with van der Waals surface area (Å²) in [6.45, 7) is 3.01. The van der Waals surface area contributed by atoms with E-state index in [9.17, 15) is 0 Å². The van der Waals surface area contributed by atoms with Crippen LogP contribution in [-0.2, 0) is 13.0 Å². The molecule has 102 valence electrons. The first-order chi connectivity index (χ1) is 8.70. The van der Waals surface area contributed by atoms with Gasteiger partial charge in [0.1, 0.15) is 11.6 Å². The summed E-state index contributed by atoms with van der Waals surface area (Å²) < 4.78 is 2.14. The normalized spacial score (nSPS) is 24.4. The average molecular weight is 252 g/mol. The van der Waals surface area contributed by atoms with Crippen LogP contribution in [0.3, 0.4) is 0 Å². The van der Waals surface area contributed by atoms with E-state index < -0.39 is 0 Å². The van der Waals surface area contributed by atoms with Gasteiger partial charge >= 0.3 is 0 Å². The van der Waals surface area contributed by atoms with Crippen molar-refractivity contribution in [3.8, 4) is 0 Å². The highest BCUT2D eigenvalue weighted by Gasteiger charge is 2.21. The number of hydrogen-bond donors (Lipinski definition) is 2. The highest BCUT2D eigenvalue weighted by molar-refractivity contribution is 4.96. The molecule has 0 aliphatic heterocycles. The van der Waals surface area contributed by atoms with Crippen LogP contribution in [0, 0.1) is 12.8 Å². The summed E-state index contributed by atoms with van der Waals surface area (Å²) in [6.07, 6.45) is 6.43. The van der Waals surface area contributed by atoms with E-state index in [1.165, 1.54) is 12.8 Å². The number of aliphatic hydroxyl groups excluding tert-OH is 1. The molecule has 1 aromatic rings. The molecule has 5 heteroatoms. The molecule has 0 aromatic carbocycles. The molecule has 0 radical (unpaired) electrons. The fourth-order valence-corrected chi connectivity index (χ4v) is 2.75. The van der Waals surface area contributed by atoms with E-state index >= 15 is 0 Å². The zero-order valence-corrected chi connectivity index (χ0v) is 11.2. The summed E-state index contributed by atoms with van der Waals surface area (Å²) in [7, 11) is 0. The van der Waals surface area contributed by atoms with Crippen molar-refractivity contribution in [1.82, 2.24) is 14.8 Å². The van der Waals surface area contributed by atoms with Crippen molar-refractivity contribution < 1.29 is 5.11 Å². The first kappa shape index (κ1) is 13.5. The summed E-state index contributed by atoms with van der Waals surface area (Å²) in [6, 6.07) is 0.398. The van der Waals surface area contributed by atoms with Crippen LogP contribution >= 0.6 is 0 Å². The minimum absolute atomic E-state index is 0.218. The molecular weight excluding hydrogens is 228 g/mol. The third-order valence-electron chi connectivity index (χ3n) is 3.91. The first-order valence-electron chi connectivity index (χ1n) is 6.96. The van der Waals surface area contributed by atoms with Crippen molar-refractivity contribution in [1.29, 1.82) is 0 Å². The van der Waals surface area contributed by atoms with Gasteiger partial charge in [0.05, 0.1) is 0 Å². The molecule has 1 heterocycles. The van der Waals surface area contributed by atoms with Gasteiger partial charge in [-0.3, -0.25) is 0 Å². The summed E-state index contributed by atoms with van der Waals surface area (Å²) in [5, 5.41) is 17.4. The van der Waals surface area contributed by atoms with Gasteiger partial charge in [0.25, 0.3) is 0 Å². The fourth-order valence-electron chi connectivity index (χ4n) is 2.75. The van der Waals surface area contributed by atoms with Crippen LogP contribution in [0.4, 0.5) is 0 Å². The Morgan fingerprint density at radius 1 is 1.28 bits per heavy atom. The SMILES string of the molecule is Cc1nnc(CC2CCC(N)CC2)n1CCCO. The van der Waals surface area contributed by atoms with Crippen molar-refractivity contribution in [2.75, 3.05) is 6.61 Å². The van der Waals surface area contributed by atoms with E-state index in [4.69, 9.17) is 10.8 Å². The molecular formula is C13H24N4O. The zero-order valence-electron chi connectivity index (χ0n) is 11.2. The second-order valence-corrected chi connectivity index (χ2v) is 5.38. The topological polar surface area (TPSA) is 77.0 Å². The van der Waals surface area contributed by atoms with Crippen molar-refractivity contribution in [3.05, 3.63) is 11.6 Å². The summed E-state index contributed by atoms with van der Waals surface area (Å²) in [4.78, 5) is 0. The van der Waals surface area contributed by atoms with Gasteiger partial charge in [-0.2, -0.15) is 0 Å². The molecule has 1 fully saturated rings. The molecule has 0 unspecified atom stereocenters. The molecule has 0 spiro atoms. The van der Waals surface area contributed by atoms with Gasteiger partial charge in [-0.25, -0.2) is 0 Å². The van der Waals surface area contributed by atoms with Gasteiger partial charge in [-0.05, 0) is 44.9 Å². The first-order valence-corrected chi connectivity index (χ1v) is 6.96. The molecule has 0 bridgehead atoms. The maximum atomic E-state index is 8.93. The second-order valence-electron chi connectivity index (χ2n) is 5.38. The van der Waals surface area contributed by atoms with E-state index in [2.05, 4.69) is 14.8 Å². The lowest BCUT2D eigenvalue weighted by atomic mass is 9.84. The van der Waals surface area contributed by atoms with Gasteiger partial charge in [0.15, 0.2) is 0 Å². The Kier molecular flexibility index (Phi) is 4.72. The van der Waals surface area contributed by atoms with E-state index in [1.807, 2.05) is 6.92 Å². The summed E-state index contributed by atoms with van der Waals surface area (Å²) in [5.74, 6) is 2.72. The van der Waals surface area contributed by atoms with Crippen LogP contribution < -0.4 is 5.73 Å². The molecule has 1 saturated carbocycles. The Labute approximate surface area is 108 Å². The number of nitrogens with zero attached hydrogens (tertiary/aromatic N) is 3. The van der Waals surface area contributed by atoms with Crippen LogP contribution in [0.25, 0.3) is 0 Å². The predicted octanol–water partition coefficient (Wildman–Crippen LogP) is 1.03. The van der Waals surface area contributed by atoms with Crippen LogP contribution in [-0.4, -0.2) is 32.5 Å². The zero-order chi connectivity index (χ0) is 13.0. The van der Waals surface area contributed by atoms with E-state index in [0.717, 1.165) is 43.9 Å².